The molecule has 7 heteroatoms. The molecule has 16 heavy (non-hydrogen) atoms. The Balaban J connectivity index is 2.85. The third-order valence-corrected chi connectivity index (χ3v) is 2.69. The van der Waals surface area contributed by atoms with Crippen LogP contribution in [0, 0.1) is 0 Å². The van der Waals surface area contributed by atoms with Gasteiger partial charge < -0.3 is 15.4 Å². The van der Waals surface area contributed by atoms with Gasteiger partial charge in [-0.05, 0) is 22.9 Å². The highest BCUT2D eigenvalue weighted by Crippen LogP contribution is 2.26. The lowest BCUT2D eigenvalue weighted by atomic mass is 10.3. The van der Waals surface area contributed by atoms with Gasteiger partial charge in [-0.25, -0.2) is 14.8 Å². The number of halogens is 1. The highest BCUT2D eigenvalue weighted by molar-refractivity contribution is 9.10. The molecule has 0 fully saturated rings. The number of rotatable bonds is 4. The van der Waals surface area contributed by atoms with E-state index in [4.69, 9.17) is 0 Å². The lowest BCUT2D eigenvalue weighted by Crippen LogP contribution is -2.27. The maximum Gasteiger partial charge on any atom is 0.328 e. The summed E-state index contributed by atoms with van der Waals surface area (Å²) in [5.74, 6) is 0.836. The number of nitrogens with zero attached hydrogens (tertiary/aromatic N) is 2. The van der Waals surface area contributed by atoms with Crippen LogP contribution in [0.3, 0.4) is 0 Å². The molecule has 0 saturated carbocycles. The standard InChI is InChI=1S/C9H13BrN4O2/c1-5(9(15)16-3)14-8-6(10)7(11-2)12-4-13-8/h4-5H,1-3H3,(H2,11,12,13,14). The van der Waals surface area contributed by atoms with E-state index in [-0.39, 0.29) is 5.97 Å². The summed E-state index contributed by atoms with van der Waals surface area (Å²) in [7, 11) is 3.09. The fourth-order valence-electron chi connectivity index (χ4n) is 1.09. The maximum absolute atomic E-state index is 11.2. The molecule has 0 amide bonds. The van der Waals surface area contributed by atoms with Crippen LogP contribution in [0.15, 0.2) is 10.8 Å². The fourth-order valence-corrected chi connectivity index (χ4v) is 1.60. The van der Waals surface area contributed by atoms with Crippen molar-refractivity contribution in [3.8, 4) is 0 Å². The van der Waals surface area contributed by atoms with Crippen LogP contribution >= 0.6 is 15.9 Å². The summed E-state index contributed by atoms with van der Waals surface area (Å²) in [6.07, 6.45) is 1.41. The monoisotopic (exact) mass is 288 g/mol. The molecule has 0 spiro atoms. The number of esters is 1. The van der Waals surface area contributed by atoms with E-state index in [0.717, 1.165) is 0 Å². The first-order valence-corrected chi connectivity index (χ1v) is 5.42. The van der Waals surface area contributed by atoms with E-state index in [1.54, 1.807) is 14.0 Å². The number of carbonyl (C=O) groups excluding carboxylic acids is 1. The molecule has 0 bridgehead atoms. The average Bonchev–Trinajstić information content (AvgIpc) is 2.30. The molecule has 1 unspecified atom stereocenters. The van der Waals surface area contributed by atoms with Crippen molar-refractivity contribution < 1.29 is 9.53 Å². The van der Waals surface area contributed by atoms with E-state index in [9.17, 15) is 4.79 Å². The van der Waals surface area contributed by atoms with E-state index in [0.29, 0.717) is 16.1 Å². The minimum Gasteiger partial charge on any atom is -0.467 e. The van der Waals surface area contributed by atoms with Crippen LogP contribution in [0.1, 0.15) is 6.92 Å². The van der Waals surface area contributed by atoms with Crippen LogP contribution < -0.4 is 10.6 Å². The molecular weight excluding hydrogens is 276 g/mol. The fraction of sp³-hybridized carbons (Fsp3) is 0.444. The third-order valence-electron chi connectivity index (χ3n) is 1.93. The van der Waals surface area contributed by atoms with Crippen molar-refractivity contribution in [3.05, 3.63) is 10.8 Å². The molecule has 0 radical (unpaired) electrons. The summed E-state index contributed by atoms with van der Waals surface area (Å²) in [6.45, 7) is 1.69. The van der Waals surface area contributed by atoms with Crippen molar-refractivity contribution in [1.29, 1.82) is 0 Å². The van der Waals surface area contributed by atoms with Gasteiger partial charge >= 0.3 is 5.97 Å². The van der Waals surface area contributed by atoms with E-state index in [2.05, 4.69) is 41.3 Å². The zero-order valence-corrected chi connectivity index (χ0v) is 10.8. The molecule has 0 aliphatic heterocycles. The number of hydrogen-bond donors (Lipinski definition) is 2. The Morgan fingerprint density at radius 2 is 2.12 bits per heavy atom. The first kappa shape index (κ1) is 12.7. The minimum absolute atomic E-state index is 0.350. The highest BCUT2D eigenvalue weighted by Gasteiger charge is 2.16. The van der Waals surface area contributed by atoms with Crippen LogP contribution in [-0.4, -0.2) is 36.1 Å². The number of hydrogen-bond acceptors (Lipinski definition) is 6. The smallest absolute Gasteiger partial charge is 0.328 e. The number of ether oxygens (including phenoxy) is 1. The van der Waals surface area contributed by atoms with Crippen molar-refractivity contribution in [1.82, 2.24) is 9.97 Å². The normalized spacial score (nSPS) is 11.8. The second-order valence-electron chi connectivity index (χ2n) is 3.02. The van der Waals surface area contributed by atoms with Gasteiger partial charge in [-0.2, -0.15) is 0 Å². The van der Waals surface area contributed by atoms with Crippen molar-refractivity contribution >= 4 is 33.5 Å². The Morgan fingerprint density at radius 3 is 2.69 bits per heavy atom. The summed E-state index contributed by atoms with van der Waals surface area (Å²) in [6, 6.07) is -0.471. The molecule has 1 rings (SSSR count). The molecule has 0 saturated heterocycles. The summed E-state index contributed by atoms with van der Waals surface area (Å²) in [5.41, 5.74) is 0. The highest BCUT2D eigenvalue weighted by atomic mass is 79.9. The summed E-state index contributed by atoms with van der Waals surface area (Å²) in [4.78, 5) is 19.3. The van der Waals surface area contributed by atoms with Gasteiger partial charge in [0.2, 0.25) is 0 Å². The number of aromatic nitrogens is 2. The van der Waals surface area contributed by atoms with E-state index in [1.165, 1.54) is 13.4 Å². The predicted octanol–water partition coefficient (Wildman–Crippen LogP) is 1.25. The lowest BCUT2D eigenvalue weighted by Gasteiger charge is -2.14. The Morgan fingerprint density at radius 1 is 1.50 bits per heavy atom. The van der Waals surface area contributed by atoms with Crippen LogP contribution in [0.5, 0.6) is 0 Å². The van der Waals surface area contributed by atoms with Gasteiger partial charge in [0.1, 0.15) is 28.5 Å². The molecule has 1 heterocycles. The van der Waals surface area contributed by atoms with Crippen LogP contribution in [-0.2, 0) is 9.53 Å². The van der Waals surface area contributed by atoms with Crippen LogP contribution in [0.4, 0.5) is 11.6 Å². The van der Waals surface area contributed by atoms with E-state index in [1.807, 2.05) is 0 Å². The Bertz CT molecular complexity index is 386. The zero-order chi connectivity index (χ0) is 12.1. The van der Waals surface area contributed by atoms with Crippen molar-refractivity contribution in [2.45, 2.75) is 13.0 Å². The summed E-state index contributed by atoms with van der Waals surface area (Å²) in [5, 5.41) is 5.82. The molecule has 0 aliphatic rings. The van der Waals surface area contributed by atoms with Gasteiger partial charge in [0.15, 0.2) is 0 Å². The second-order valence-corrected chi connectivity index (χ2v) is 3.82. The van der Waals surface area contributed by atoms with Gasteiger partial charge in [-0.15, -0.1) is 0 Å². The third kappa shape index (κ3) is 2.82. The Labute approximate surface area is 102 Å². The first-order valence-electron chi connectivity index (χ1n) is 4.62. The molecular formula is C9H13BrN4O2. The molecule has 1 aromatic rings. The van der Waals surface area contributed by atoms with Crippen LogP contribution in [0.2, 0.25) is 0 Å². The van der Waals surface area contributed by atoms with Gasteiger partial charge in [0.25, 0.3) is 0 Å². The summed E-state index contributed by atoms with van der Waals surface area (Å²) >= 11 is 3.34. The van der Waals surface area contributed by atoms with Gasteiger partial charge in [0.05, 0.1) is 7.11 Å². The average molecular weight is 289 g/mol. The molecule has 88 valence electrons. The largest absolute Gasteiger partial charge is 0.467 e. The number of methoxy groups -OCH3 is 1. The molecule has 6 nitrogen and oxygen atoms in total. The SMILES string of the molecule is CNc1ncnc(NC(C)C(=O)OC)c1Br. The summed E-state index contributed by atoms with van der Waals surface area (Å²) < 4.78 is 5.28. The second kappa shape index (κ2) is 5.64. The lowest BCUT2D eigenvalue weighted by molar-refractivity contribution is -0.141. The van der Waals surface area contributed by atoms with Gasteiger partial charge in [-0.3, -0.25) is 0 Å². The molecule has 2 N–H and O–H groups in total. The van der Waals surface area contributed by atoms with Crippen molar-refractivity contribution in [2.24, 2.45) is 0 Å². The topological polar surface area (TPSA) is 76.1 Å². The molecule has 1 aromatic heterocycles. The Hall–Kier alpha value is -1.37. The minimum atomic E-state index is -0.471. The predicted molar refractivity (Wildman–Crippen MR) is 64.4 cm³/mol. The van der Waals surface area contributed by atoms with E-state index >= 15 is 0 Å². The molecule has 0 aliphatic carbocycles. The van der Waals surface area contributed by atoms with Crippen molar-refractivity contribution in [3.63, 3.8) is 0 Å². The zero-order valence-electron chi connectivity index (χ0n) is 9.24. The van der Waals surface area contributed by atoms with Crippen molar-refractivity contribution in [2.75, 3.05) is 24.8 Å². The van der Waals surface area contributed by atoms with Crippen LogP contribution in [0.25, 0.3) is 0 Å². The number of carbonyl (C=O) groups is 1. The number of anilines is 2. The molecule has 1 atom stereocenters. The Kier molecular flexibility index (Phi) is 4.48. The number of nitrogens with one attached hydrogen (secondary N) is 2. The quantitative estimate of drug-likeness (QED) is 0.813. The van der Waals surface area contributed by atoms with Gasteiger partial charge in [-0.1, -0.05) is 0 Å². The first-order chi connectivity index (χ1) is 7.60. The maximum atomic E-state index is 11.2. The van der Waals surface area contributed by atoms with Gasteiger partial charge in [0, 0.05) is 7.05 Å². The molecule has 0 aromatic carbocycles. The van der Waals surface area contributed by atoms with E-state index < -0.39 is 6.04 Å².